The highest BCUT2D eigenvalue weighted by atomic mass is 19.1. The van der Waals surface area contributed by atoms with Gasteiger partial charge in [0.25, 0.3) is 5.91 Å². The van der Waals surface area contributed by atoms with Crippen LogP contribution in [0.5, 0.6) is 0 Å². The van der Waals surface area contributed by atoms with Crippen molar-refractivity contribution in [3.05, 3.63) is 89.7 Å². The molecule has 0 aliphatic carbocycles. The first-order valence-electron chi connectivity index (χ1n) is 9.15. The van der Waals surface area contributed by atoms with Gasteiger partial charge >= 0.3 is 0 Å². The average Bonchev–Trinajstić information content (AvgIpc) is 2.73. The molecule has 1 amide bonds. The number of aromatic nitrogens is 1. The Morgan fingerprint density at radius 1 is 0.964 bits per heavy atom. The predicted octanol–water partition coefficient (Wildman–Crippen LogP) is 5.37. The summed E-state index contributed by atoms with van der Waals surface area (Å²) in [5, 5.41) is 0.621. The topological polar surface area (TPSA) is 56.0 Å². The lowest BCUT2D eigenvalue weighted by atomic mass is 9.96. The van der Waals surface area contributed by atoms with E-state index in [9.17, 15) is 9.18 Å². The Balaban J connectivity index is 2.00. The normalized spacial score (nSPS) is 10.9. The van der Waals surface area contributed by atoms with Gasteiger partial charge in [-0.1, -0.05) is 61.5 Å². The van der Waals surface area contributed by atoms with Crippen molar-refractivity contribution < 1.29 is 9.18 Å². The highest BCUT2D eigenvalue weighted by Gasteiger charge is 2.15. The van der Waals surface area contributed by atoms with Crippen molar-refractivity contribution in [3.63, 3.8) is 0 Å². The van der Waals surface area contributed by atoms with E-state index in [1.54, 1.807) is 0 Å². The lowest BCUT2D eigenvalue weighted by molar-refractivity contribution is 0.0996. The fraction of sp³-hybridized carbons (Fsp3) is 0.0833. The van der Waals surface area contributed by atoms with Gasteiger partial charge in [0.2, 0.25) is 0 Å². The van der Waals surface area contributed by atoms with Crippen LogP contribution in [0, 0.1) is 5.82 Å². The Labute approximate surface area is 162 Å². The smallest absolute Gasteiger partial charge is 0.251 e. The van der Waals surface area contributed by atoms with Gasteiger partial charge in [-0.15, -0.1) is 0 Å². The van der Waals surface area contributed by atoms with Crippen LogP contribution in [0.3, 0.4) is 0 Å². The summed E-state index contributed by atoms with van der Waals surface area (Å²) in [5.41, 5.74) is 10.6. The van der Waals surface area contributed by atoms with Crippen LogP contribution >= 0.6 is 0 Å². The van der Waals surface area contributed by atoms with Crippen molar-refractivity contribution in [2.75, 3.05) is 0 Å². The largest absolute Gasteiger partial charge is 0.366 e. The third-order valence-electron chi connectivity index (χ3n) is 4.89. The minimum Gasteiger partial charge on any atom is -0.366 e. The molecule has 0 fully saturated rings. The molecular weight excluding hydrogens is 351 g/mol. The van der Waals surface area contributed by atoms with E-state index in [2.05, 4.69) is 19.1 Å². The summed E-state index contributed by atoms with van der Waals surface area (Å²) in [5.74, 6) is -1.44. The molecule has 0 aliphatic rings. The molecule has 4 aromatic rings. The summed E-state index contributed by atoms with van der Waals surface area (Å²) in [4.78, 5) is 16.3. The molecule has 3 nitrogen and oxygen atoms in total. The number of hydrogen-bond acceptors (Lipinski definition) is 2. The van der Waals surface area contributed by atoms with Gasteiger partial charge in [0.05, 0.1) is 16.8 Å². The quantitative estimate of drug-likeness (QED) is 0.525. The van der Waals surface area contributed by atoms with E-state index in [1.807, 2.05) is 48.5 Å². The summed E-state index contributed by atoms with van der Waals surface area (Å²) < 4.78 is 14.3. The van der Waals surface area contributed by atoms with E-state index in [4.69, 9.17) is 10.7 Å². The van der Waals surface area contributed by atoms with Crippen LogP contribution in [-0.2, 0) is 6.42 Å². The maximum Gasteiger partial charge on any atom is 0.251 e. The fourth-order valence-electron chi connectivity index (χ4n) is 3.34. The number of nitrogens with zero attached hydrogens (tertiary/aromatic N) is 1. The van der Waals surface area contributed by atoms with Gasteiger partial charge in [0, 0.05) is 16.5 Å². The molecule has 1 aromatic heterocycles. The second-order valence-corrected chi connectivity index (χ2v) is 6.69. The number of benzene rings is 3. The number of carbonyl (C=O) groups excluding carboxylic acids is 1. The lowest BCUT2D eigenvalue weighted by Crippen LogP contribution is -2.13. The Bertz CT molecular complexity index is 1170. The lowest BCUT2D eigenvalue weighted by Gasteiger charge is -2.13. The number of carbonyl (C=O) groups is 1. The zero-order chi connectivity index (χ0) is 19.7. The molecule has 0 spiro atoms. The van der Waals surface area contributed by atoms with Crippen LogP contribution in [0.25, 0.3) is 33.3 Å². The van der Waals surface area contributed by atoms with Gasteiger partial charge < -0.3 is 5.73 Å². The van der Waals surface area contributed by atoms with Crippen LogP contribution in [0.15, 0.2) is 72.8 Å². The second kappa shape index (κ2) is 7.24. The number of pyridine rings is 1. The molecule has 0 atom stereocenters. The van der Waals surface area contributed by atoms with E-state index in [1.165, 1.54) is 17.7 Å². The number of rotatable bonds is 4. The van der Waals surface area contributed by atoms with Gasteiger partial charge in [-0.2, -0.15) is 0 Å². The molecule has 4 heteroatoms. The first-order chi connectivity index (χ1) is 13.6. The monoisotopic (exact) mass is 370 g/mol. The molecule has 4 rings (SSSR count). The van der Waals surface area contributed by atoms with Gasteiger partial charge in [-0.25, -0.2) is 9.37 Å². The molecule has 0 saturated carbocycles. The number of fused-ring (bicyclic) bond motifs is 1. The Morgan fingerprint density at radius 2 is 1.68 bits per heavy atom. The van der Waals surface area contributed by atoms with E-state index in [0.717, 1.165) is 28.8 Å². The first-order valence-corrected chi connectivity index (χ1v) is 9.15. The van der Waals surface area contributed by atoms with Crippen LogP contribution in [0.2, 0.25) is 0 Å². The highest BCUT2D eigenvalue weighted by Crippen LogP contribution is 2.34. The molecule has 3 aromatic carbocycles. The molecule has 0 aliphatic heterocycles. The molecular formula is C24H19FN2O. The number of primary amides is 1. The molecule has 0 radical (unpaired) electrons. The summed E-state index contributed by atoms with van der Waals surface area (Å²) >= 11 is 0. The van der Waals surface area contributed by atoms with Crippen molar-refractivity contribution in [2.24, 2.45) is 5.73 Å². The standard InChI is InChI=1S/C24H19FN2O/c1-2-15-8-10-17(11-9-15)23-19(16-6-4-3-5-7-16)12-18-13-21(25)20(24(26)28)14-22(18)27-23/h3-14H,2H2,1H3,(H2,26,28). The van der Waals surface area contributed by atoms with E-state index in [-0.39, 0.29) is 5.56 Å². The number of hydrogen-bond donors (Lipinski definition) is 1. The molecule has 1 heterocycles. The Kier molecular flexibility index (Phi) is 4.62. The molecule has 0 bridgehead atoms. The Morgan fingerprint density at radius 3 is 2.32 bits per heavy atom. The molecule has 28 heavy (non-hydrogen) atoms. The van der Waals surface area contributed by atoms with Crippen molar-refractivity contribution in [2.45, 2.75) is 13.3 Å². The number of halogens is 1. The van der Waals surface area contributed by atoms with Gasteiger partial charge in [-0.05, 0) is 35.7 Å². The van der Waals surface area contributed by atoms with Crippen LogP contribution in [-0.4, -0.2) is 10.9 Å². The second-order valence-electron chi connectivity index (χ2n) is 6.69. The SMILES string of the molecule is CCc1ccc(-c2nc3cc(C(N)=O)c(F)cc3cc2-c2ccccc2)cc1. The first kappa shape index (κ1) is 17.9. The highest BCUT2D eigenvalue weighted by molar-refractivity contribution is 5.99. The Hall–Kier alpha value is -3.53. The molecule has 138 valence electrons. The van der Waals surface area contributed by atoms with Gasteiger partial charge in [0.15, 0.2) is 0 Å². The summed E-state index contributed by atoms with van der Waals surface area (Å²) in [6, 6.07) is 22.8. The number of amides is 1. The number of nitrogens with two attached hydrogens (primary N) is 1. The van der Waals surface area contributed by atoms with E-state index in [0.29, 0.717) is 10.9 Å². The van der Waals surface area contributed by atoms with Crippen molar-refractivity contribution in [3.8, 4) is 22.4 Å². The molecule has 0 unspecified atom stereocenters. The van der Waals surface area contributed by atoms with Crippen LogP contribution in [0.1, 0.15) is 22.8 Å². The van der Waals surface area contributed by atoms with Crippen molar-refractivity contribution in [1.82, 2.24) is 4.98 Å². The minimum atomic E-state index is -0.804. The predicted molar refractivity (Wildman–Crippen MR) is 110 cm³/mol. The maximum atomic E-state index is 14.3. The van der Waals surface area contributed by atoms with Crippen molar-refractivity contribution >= 4 is 16.8 Å². The fourth-order valence-corrected chi connectivity index (χ4v) is 3.34. The maximum absolute atomic E-state index is 14.3. The minimum absolute atomic E-state index is 0.153. The zero-order valence-electron chi connectivity index (χ0n) is 15.4. The summed E-state index contributed by atoms with van der Waals surface area (Å²) in [6.45, 7) is 2.11. The summed E-state index contributed by atoms with van der Waals surface area (Å²) in [6.07, 6.45) is 0.957. The molecule has 2 N–H and O–H groups in total. The van der Waals surface area contributed by atoms with Gasteiger partial charge in [0.1, 0.15) is 5.82 Å². The van der Waals surface area contributed by atoms with E-state index >= 15 is 0 Å². The average molecular weight is 370 g/mol. The van der Waals surface area contributed by atoms with E-state index < -0.39 is 11.7 Å². The summed E-state index contributed by atoms with van der Waals surface area (Å²) in [7, 11) is 0. The van der Waals surface area contributed by atoms with Crippen LogP contribution in [0.4, 0.5) is 4.39 Å². The third kappa shape index (κ3) is 3.25. The van der Waals surface area contributed by atoms with Gasteiger partial charge in [-0.3, -0.25) is 4.79 Å². The van der Waals surface area contributed by atoms with Crippen molar-refractivity contribution in [1.29, 1.82) is 0 Å². The molecule has 0 saturated heterocycles. The zero-order valence-corrected chi connectivity index (χ0v) is 15.4. The number of aryl methyl sites for hydroxylation is 1. The third-order valence-corrected chi connectivity index (χ3v) is 4.89. The van der Waals surface area contributed by atoms with Crippen LogP contribution < -0.4 is 5.73 Å².